The van der Waals surface area contributed by atoms with E-state index >= 15 is 0 Å². The maximum absolute atomic E-state index is 12.7. The van der Waals surface area contributed by atoms with E-state index in [1.54, 1.807) is 13.1 Å². The molecule has 0 fully saturated rings. The fourth-order valence-electron chi connectivity index (χ4n) is 3.18. The van der Waals surface area contributed by atoms with E-state index in [0.29, 0.717) is 17.1 Å². The first-order chi connectivity index (χ1) is 13.6. The molecule has 0 unspecified atom stereocenters. The lowest BCUT2D eigenvalue weighted by atomic mass is 10.0. The Morgan fingerprint density at radius 1 is 1.11 bits per heavy atom. The van der Waals surface area contributed by atoms with E-state index in [2.05, 4.69) is 27.8 Å². The number of fused-ring (bicyclic) bond motifs is 1. The highest BCUT2D eigenvalue weighted by Crippen LogP contribution is 2.27. The second-order valence-corrected chi connectivity index (χ2v) is 6.71. The van der Waals surface area contributed by atoms with E-state index < -0.39 is 0 Å². The number of hydrogen-bond acceptors (Lipinski definition) is 4. The van der Waals surface area contributed by atoms with Crippen LogP contribution < -0.4 is 15.5 Å². The van der Waals surface area contributed by atoms with Crippen molar-refractivity contribution < 1.29 is 9.59 Å². The summed E-state index contributed by atoms with van der Waals surface area (Å²) in [5.41, 5.74) is 4.04. The SMILES string of the molecule is CN1C(=O)CNc2ncc(C(=O)Nc3cccc(Cc4ccccc4)c3)cc21. The highest BCUT2D eigenvalue weighted by Gasteiger charge is 2.23. The average molecular weight is 372 g/mol. The Hall–Kier alpha value is -3.67. The van der Waals surface area contributed by atoms with Gasteiger partial charge in [-0.2, -0.15) is 0 Å². The number of benzene rings is 2. The molecule has 28 heavy (non-hydrogen) atoms. The van der Waals surface area contributed by atoms with Gasteiger partial charge in [0, 0.05) is 18.9 Å². The minimum absolute atomic E-state index is 0.0690. The van der Waals surface area contributed by atoms with Gasteiger partial charge >= 0.3 is 0 Å². The molecular formula is C22H20N4O2. The first-order valence-corrected chi connectivity index (χ1v) is 9.05. The van der Waals surface area contributed by atoms with Crippen LogP contribution in [-0.4, -0.2) is 30.4 Å². The van der Waals surface area contributed by atoms with Crippen LogP contribution in [0.2, 0.25) is 0 Å². The molecule has 0 saturated heterocycles. The summed E-state index contributed by atoms with van der Waals surface area (Å²) in [5, 5.41) is 5.87. The van der Waals surface area contributed by atoms with Crippen LogP contribution in [0, 0.1) is 0 Å². The molecule has 1 aliphatic heterocycles. The predicted octanol–water partition coefficient (Wildman–Crippen LogP) is 3.31. The van der Waals surface area contributed by atoms with Gasteiger partial charge in [-0.1, -0.05) is 42.5 Å². The first-order valence-electron chi connectivity index (χ1n) is 9.05. The number of anilines is 3. The van der Waals surface area contributed by atoms with Crippen LogP contribution >= 0.6 is 0 Å². The number of pyridine rings is 1. The maximum atomic E-state index is 12.7. The Morgan fingerprint density at radius 3 is 2.71 bits per heavy atom. The van der Waals surface area contributed by atoms with Gasteiger partial charge in [0.25, 0.3) is 5.91 Å². The number of rotatable bonds is 4. The molecule has 0 saturated carbocycles. The Bertz CT molecular complexity index is 1030. The fraction of sp³-hybridized carbons (Fsp3) is 0.136. The summed E-state index contributed by atoms with van der Waals surface area (Å²) in [5.74, 6) is 0.266. The molecule has 2 aromatic carbocycles. The molecule has 6 nitrogen and oxygen atoms in total. The number of likely N-dealkylation sites (N-methyl/N-ethyl adjacent to an activating group) is 1. The summed E-state index contributed by atoms with van der Waals surface area (Å²) >= 11 is 0. The van der Waals surface area contributed by atoms with E-state index in [9.17, 15) is 9.59 Å². The van der Waals surface area contributed by atoms with Crippen molar-refractivity contribution in [3.63, 3.8) is 0 Å². The zero-order valence-electron chi connectivity index (χ0n) is 15.5. The average Bonchev–Trinajstić information content (AvgIpc) is 2.71. The third-order valence-electron chi connectivity index (χ3n) is 4.71. The van der Waals surface area contributed by atoms with E-state index in [-0.39, 0.29) is 18.4 Å². The lowest BCUT2D eigenvalue weighted by Crippen LogP contribution is -2.37. The summed E-state index contributed by atoms with van der Waals surface area (Å²) < 4.78 is 0. The standard InChI is InChI=1S/C22H20N4O2/c1-26-19-12-17(13-23-21(19)24-14-20(26)27)22(28)25-18-9-5-8-16(11-18)10-15-6-3-2-4-7-15/h2-9,11-13H,10,14H2,1H3,(H,23,24)(H,25,28). The van der Waals surface area contributed by atoms with Crippen LogP contribution in [0.4, 0.5) is 17.2 Å². The van der Waals surface area contributed by atoms with Crippen LogP contribution in [0.25, 0.3) is 0 Å². The summed E-state index contributed by atoms with van der Waals surface area (Å²) in [6.45, 7) is 0.205. The quantitative estimate of drug-likeness (QED) is 0.737. The smallest absolute Gasteiger partial charge is 0.257 e. The van der Waals surface area contributed by atoms with Gasteiger partial charge in [0.2, 0.25) is 5.91 Å². The van der Waals surface area contributed by atoms with Gasteiger partial charge in [-0.3, -0.25) is 9.59 Å². The second-order valence-electron chi connectivity index (χ2n) is 6.71. The highest BCUT2D eigenvalue weighted by molar-refractivity contribution is 6.07. The normalized spacial score (nSPS) is 12.9. The van der Waals surface area contributed by atoms with Crippen molar-refractivity contribution in [1.82, 2.24) is 4.98 Å². The van der Waals surface area contributed by atoms with Gasteiger partial charge in [0.05, 0.1) is 17.8 Å². The Kier molecular flexibility index (Phi) is 4.76. The number of carbonyl (C=O) groups is 2. The molecule has 3 aromatic rings. The Labute approximate surface area is 163 Å². The number of amides is 2. The predicted molar refractivity (Wildman–Crippen MR) is 110 cm³/mol. The topological polar surface area (TPSA) is 74.3 Å². The monoisotopic (exact) mass is 372 g/mol. The Balaban J connectivity index is 1.51. The molecule has 2 heterocycles. The molecular weight excluding hydrogens is 352 g/mol. The highest BCUT2D eigenvalue weighted by atomic mass is 16.2. The Morgan fingerprint density at radius 2 is 1.89 bits per heavy atom. The molecule has 1 aliphatic rings. The van der Waals surface area contributed by atoms with Gasteiger partial charge in [-0.25, -0.2) is 4.98 Å². The molecule has 0 spiro atoms. The van der Waals surface area contributed by atoms with Gasteiger partial charge in [-0.15, -0.1) is 0 Å². The first kappa shape index (κ1) is 17.7. The van der Waals surface area contributed by atoms with Gasteiger partial charge in [0.1, 0.15) is 5.82 Å². The molecule has 0 atom stereocenters. The van der Waals surface area contributed by atoms with E-state index in [4.69, 9.17) is 0 Å². The molecule has 2 amide bonds. The molecule has 0 aliphatic carbocycles. The number of hydrogen-bond donors (Lipinski definition) is 2. The summed E-state index contributed by atoms with van der Waals surface area (Å²) in [7, 11) is 1.68. The lowest BCUT2D eigenvalue weighted by molar-refractivity contribution is -0.116. The number of nitrogens with one attached hydrogen (secondary N) is 2. The summed E-state index contributed by atoms with van der Waals surface area (Å²) in [6, 6.07) is 19.6. The van der Waals surface area contributed by atoms with Crippen molar-refractivity contribution in [2.75, 3.05) is 29.1 Å². The molecule has 0 radical (unpaired) electrons. The number of aromatic nitrogens is 1. The largest absolute Gasteiger partial charge is 0.359 e. The van der Waals surface area contributed by atoms with Crippen molar-refractivity contribution in [2.45, 2.75) is 6.42 Å². The van der Waals surface area contributed by atoms with Crippen molar-refractivity contribution >= 4 is 29.0 Å². The third-order valence-corrected chi connectivity index (χ3v) is 4.71. The van der Waals surface area contributed by atoms with E-state index in [1.807, 2.05) is 42.5 Å². The minimum atomic E-state index is -0.265. The van der Waals surface area contributed by atoms with E-state index in [1.165, 1.54) is 16.7 Å². The maximum Gasteiger partial charge on any atom is 0.257 e. The van der Waals surface area contributed by atoms with Crippen molar-refractivity contribution in [3.05, 3.63) is 83.6 Å². The van der Waals surface area contributed by atoms with Crippen molar-refractivity contribution in [2.24, 2.45) is 0 Å². The van der Waals surface area contributed by atoms with Gasteiger partial charge in [-0.05, 0) is 35.7 Å². The molecule has 2 N–H and O–H groups in total. The lowest BCUT2D eigenvalue weighted by Gasteiger charge is -2.26. The van der Waals surface area contributed by atoms with Crippen molar-refractivity contribution in [1.29, 1.82) is 0 Å². The summed E-state index contributed by atoms with van der Waals surface area (Å²) in [6.07, 6.45) is 2.31. The minimum Gasteiger partial charge on any atom is -0.359 e. The van der Waals surface area contributed by atoms with E-state index in [0.717, 1.165) is 17.7 Å². The molecule has 4 rings (SSSR count). The molecule has 0 bridgehead atoms. The van der Waals surface area contributed by atoms with Crippen LogP contribution in [0.15, 0.2) is 66.9 Å². The zero-order valence-corrected chi connectivity index (χ0v) is 15.5. The zero-order chi connectivity index (χ0) is 19.5. The number of nitrogens with zero attached hydrogens (tertiary/aromatic N) is 2. The molecule has 6 heteroatoms. The van der Waals surface area contributed by atoms with Crippen molar-refractivity contribution in [3.8, 4) is 0 Å². The van der Waals surface area contributed by atoms with Crippen LogP contribution in [0.1, 0.15) is 21.5 Å². The van der Waals surface area contributed by atoms with Gasteiger partial charge in [0.15, 0.2) is 0 Å². The fourth-order valence-corrected chi connectivity index (χ4v) is 3.18. The second kappa shape index (κ2) is 7.52. The third kappa shape index (κ3) is 3.71. The van der Waals surface area contributed by atoms with Gasteiger partial charge < -0.3 is 15.5 Å². The van der Waals surface area contributed by atoms with Crippen LogP contribution in [0.3, 0.4) is 0 Å². The molecule has 1 aromatic heterocycles. The number of carbonyl (C=O) groups excluding carboxylic acids is 2. The summed E-state index contributed by atoms with van der Waals surface area (Å²) in [4.78, 5) is 30.3. The van der Waals surface area contributed by atoms with Crippen LogP contribution in [-0.2, 0) is 11.2 Å². The molecule has 140 valence electrons. The van der Waals surface area contributed by atoms with Crippen LogP contribution in [0.5, 0.6) is 0 Å².